The molecule has 1 atom stereocenters. The summed E-state index contributed by atoms with van der Waals surface area (Å²) in [5, 5.41) is 9.40. The van der Waals surface area contributed by atoms with E-state index in [0.717, 1.165) is 5.56 Å². The molecule has 1 unspecified atom stereocenters. The van der Waals surface area contributed by atoms with Crippen molar-refractivity contribution in [2.24, 2.45) is 5.73 Å². The van der Waals surface area contributed by atoms with E-state index in [0.29, 0.717) is 24.5 Å². The highest BCUT2D eigenvalue weighted by Gasteiger charge is 2.07. The molecule has 0 saturated heterocycles. The molecule has 0 saturated carbocycles. The largest absolute Gasteiger partial charge is 0.493 e. The third-order valence-electron chi connectivity index (χ3n) is 2.37. The maximum Gasteiger partial charge on any atom is 0.161 e. The van der Waals surface area contributed by atoms with Gasteiger partial charge >= 0.3 is 0 Å². The molecule has 1 rings (SSSR count). The molecule has 16 heavy (non-hydrogen) atoms. The maximum atomic E-state index is 9.40. The normalized spacial score (nSPS) is 12.2. The number of ether oxygens (including phenoxy) is 2. The molecule has 3 N–H and O–H groups in total. The summed E-state index contributed by atoms with van der Waals surface area (Å²) >= 11 is 0. The fourth-order valence-electron chi connectivity index (χ4n) is 1.26. The van der Waals surface area contributed by atoms with Crippen molar-refractivity contribution in [2.75, 3.05) is 13.7 Å². The van der Waals surface area contributed by atoms with E-state index in [-0.39, 0.29) is 6.61 Å². The number of benzene rings is 1. The molecule has 0 fully saturated rings. The van der Waals surface area contributed by atoms with E-state index in [1.807, 2.05) is 25.1 Å². The van der Waals surface area contributed by atoms with Gasteiger partial charge in [-0.05, 0) is 24.1 Å². The van der Waals surface area contributed by atoms with Crippen molar-refractivity contribution in [1.82, 2.24) is 0 Å². The molecule has 0 aliphatic carbocycles. The Balaban J connectivity index is 2.71. The molecule has 1 aromatic carbocycles. The van der Waals surface area contributed by atoms with Crippen molar-refractivity contribution in [3.05, 3.63) is 23.8 Å². The minimum Gasteiger partial charge on any atom is -0.493 e. The number of nitrogens with two attached hydrogens (primary N) is 1. The van der Waals surface area contributed by atoms with Gasteiger partial charge in [-0.15, -0.1) is 0 Å². The lowest BCUT2D eigenvalue weighted by atomic mass is 10.2. The van der Waals surface area contributed by atoms with Gasteiger partial charge in [-0.2, -0.15) is 0 Å². The third kappa shape index (κ3) is 3.40. The van der Waals surface area contributed by atoms with Gasteiger partial charge in [0.15, 0.2) is 11.5 Å². The van der Waals surface area contributed by atoms with E-state index in [1.54, 1.807) is 7.11 Å². The fraction of sp³-hybridized carbons (Fsp3) is 0.500. The highest BCUT2D eigenvalue weighted by atomic mass is 16.5. The minimum absolute atomic E-state index is 0.273. The summed E-state index contributed by atoms with van der Waals surface area (Å²) in [6.45, 7) is 2.64. The maximum absolute atomic E-state index is 9.40. The second kappa shape index (κ2) is 6.35. The number of aliphatic hydroxyl groups excluding tert-OH is 1. The van der Waals surface area contributed by atoms with Gasteiger partial charge < -0.3 is 20.3 Å². The minimum atomic E-state index is -0.445. The molecule has 4 heteroatoms. The number of aliphatic hydroxyl groups is 1. The summed E-state index contributed by atoms with van der Waals surface area (Å²) in [5.41, 5.74) is 6.52. The van der Waals surface area contributed by atoms with Crippen LogP contribution in [0.2, 0.25) is 0 Å². The Kier molecular flexibility index (Phi) is 5.08. The first-order valence-corrected chi connectivity index (χ1v) is 5.39. The Morgan fingerprint density at radius 2 is 2.12 bits per heavy atom. The highest BCUT2D eigenvalue weighted by Crippen LogP contribution is 2.28. The smallest absolute Gasteiger partial charge is 0.161 e. The number of hydrogen-bond donors (Lipinski definition) is 2. The zero-order valence-electron chi connectivity index (χ0n) is 9.77. The summed E-state index contributed by atoms with van der Waals surface area (Å²) in [7, 11) is 1.58. The van der Waals surface area contributed by atoms with Gasteiger partial charge in [0, 0.05) is 6.54 Å². The van der Waals surface area contributed by atoms with E-state index in [1.165, 1.54) is 0 Å². The molecule has 0 bridgehead atoms. The second-order valence-electron chi connectivity index (χ2n) is 3.56. The van der Waals surface area contributed by atoms with Crippen LogP contribution in [0.1, 0.15) is 18.9 Å². The number of methoxy groups -OCH3 is 1. The van der Waals surface area contributed by atoms with Crippen LogP contribution in [-0.4, -0.2) is 24.9 Å². The van der Waals surface area contributed by atoms with Crippen LogP contribution in [0.4, 0.5) is 0 Å². The molecule has 90 valence electrons. The van der Waals surface area contributed by atoms with Gasteiger partial charge in [0.2, 0.25) is 0 Å². The van der Waals surface area contributed by atoms with E-state index < -0.39 is 6.10 Å². The molecule has 0 radical (unpaired) electrons. The number of rotatable bonds is 6. The van der Waals surface area contributed by atoms with Gasteiger partial charge in [-0.3, -0.25) is 0 Å². The van der Waals surface area contributed by atoms with Gasteiger partial charge in [0.1, 0.15) is 6.61 Å². The summed E-state index contributed by atoms with van der Waals surface area (Å²) < 4.78 is 10.7. The Labute approximate surface area is 96.0 Å². The van der Waals surface area contributed by atoms with Crippen LogP contribution >= 0.6 is 0 Å². The first-order valence-electron chi connectivity index (χ1n) is 5.39. The van der Waals surface area contributed by atoms with E-state index in [4.69, 9.17) is 15.2 Å². The van der Waals surface area contributed by atoms with Crippen molar-refractivity contribution >= 4 is 0 Å². The monoisotopic (exact) mass is 225 g/mol. The van der Waals surface area contributed by atoms with Crippen LogP contribution in [0, 0.1) is 0 Å². The lowest BCUT2D eigenvalue weighted by Crippen LogP contribution is -2.16. The van der Waals surface area contributed by atoms with E-state index in [9.17, 15) is 5.11 Å². The third-order valence-corrected chi connectivity index (χ3v) is 2.37. The zero-order chi connectivity index (χ0) is 12.0. The van der Waals surface area contributed by atoms with Crippen LogP contribution in [0.15, 0.2) is 18.2 Å². The van der Waals surface area contributed by atoms with Crippen molar-refractivity contribution < 1.29 is 14.6 Å². The lowest BCUT2D eigenvalue weighted by Gasteiger charge is -2.13. The van der Waals surface area contributed by atoms with Crippen LogP contribution in [0.25, 0.3) is 0 Å². The predicted molar refractivity (Wildman–Crippen MR) is 62.7 cm³/mol. The Hall–Kier alpha value is -1.26. The van der Waals surface area contributed by atoms with Gasteiger partial charge in [-0.25, -0.2) is 0 Å². The van der Waals surface area contributed by atoms with Crippen molar-refractivity contribution in [2.45, 2.75) is 26.0 Å². The molecule has 0 heterocycles. The Bertz CT molecular complexity index is 328. The average molecular weight is 225 g/mol. The predicted octanol–water partition coefficient (Wildman–Crippen LogP) is 1.30. The molecule has 0 aromatic heterocycles. The summed E-state index contributed by atoms with van der Waals surface area (Å²) in [6.07, 6.45) is 0.224. The topological polar surface area (TPSA) is 64.7 Å². The number of hydrogen-bond acceptors (Lipinski definition) is 4. The van der Waals surface area contributed by atoms with Gasteiger partial charge in [0.05, 0.1) is 13.2 Å². The van der Waals surface area contributed by atoms with E-state index in [2.05, 4.69) is 0 Å². The second-order valence-corrected chi connectivity index (χ2v) is 3.56. The standard InChI is InChI=1S/C12H19NO3/c1-3-10(14)8-16-11-5-4-9(7-13)6-12(11)15-2/h4-6,10,14H,3,7-8,13H2,1-2H3. The molecule has 0 aliphatic rings. The zero-order valence-corrected chi connectivity index (χ0v) is 9.77. The molecule has 0 aliphatic heterocycles. The Morgan fingerprint density at radius 3 is 2.69 bits per heavy atom. The average Bonchev–Trinajstić information content (AvgIpc) is 2.35. The van der Waals surface area contributed by atoms with Gasteiger partial charge in [0.25, 0.3) is 0 Å². The molecular formula is C12H19NO3. The van der Waals surface area contributed by atoms with Crippen LogP contribution in [0.3, 0.4) is 0 Å². The van der Waals surface area contributed by atoms with Crippen LogP contribution < -0.4 is 15.2 Å². The first kappa shape index (κ1) is 12.8. The molecule has 4 nitrogen and oxygen atoms in total. The summed E-state index contributed by atoms with van der Waals surface area (Å²) in [4.78, 5) is 0. The molecule has 1 aromatic rings. The van der Waals surface area contributed by atoms with E-state index >= 15 is 0 Å². The lowest BCUT2D eigenvalue weighted by molar-refractivity contribution is 0.102. The molecule has 0 amide bonds. The van der Waals surface area contributed by atoms with Crippen molar-refractivity contribution in [3.8, 4) is 11.5 Å². The Morgan fingerprint density at radius 1 is 1.38 bits per heavy atom. The fourth-order valence-corrected chi connectivity index (χ4v) is 1.26. The first-order chi connectivity index (χ1) is 7.71. The van der Waals surface area contributed by atoms with Gasteiger partial charge in [-0.1, -0.05) is 13.0 Å². The SMILES string of the molecule is CCC(O)COc1ccc(CN)cc1OC. The summed E-state index contributed by atoms with van der Waals surface area (Å²) in [5.74, 6) is 1.28. The highest BCUT2D eigenvalue weighted by molar-refractivity contribution is 5.42. The quantitative estimate of drug-likeness (QED) is 0.766. The van der Waals surface area contributed by atoms with Crippen molar-refractivity contribution in [1.29, 1.82) is 0 Å². The molecule has 0 spiro atoms. The van der Waals surface area contributed by atoms with Crippen LogP contribution in [-0.2, 0) is 6.54 Å². The summed E-state index contributed by atoms with van der Waals surface area (Å²) in [6, 6.07) is 5.53. The van der Waals surface area contributed by atoms with Crippen molar-refractivity contribution in [3.63, 3.8) is 0 Å². The molecular weight excluding hydrogens is 206 g/mol. The van der Waals surface area contributed by atoms with Crippen LogP contribution in [0.5, 0.6) is 11.5 Å².